The van der Waals surface area contributed by atoms with Gasteiger partial charge in [0.15, 0.2) is 5.82 Å². The molecule has 0 aliphatic carbocycles. The Hall–Kier alpha value is -1.49. The monoisotopic (exact) mass is 182 g/mol. The van der Waals surface area contributed by atoms with Crippen molar-refractivity contribution in [1.82, 2.24) is 9.99 Å². The summed E-state index contributed by atoms with van der Waals surface area (Å²) in [5.41, 5.74) is 9.24. The molecule has 0 aliphatic heterocycles. The van der Waals surface area contributed by atoms with Crippen LogP contribution < -0.4 is 15.9 Å². The summed E-state index contributed by atoms with van der Waals surface area (Å²) in [6, 6.07) is 3.47. The van der Waals surface area contributed by atoms with E-state index < -0.39 is 0 Å². The minimum Gasteiger partial charge on any atom is -0.481 e. The molecule has 0 atom stereocenters. The van der Waals surface area contributed by atoms with Crippen LogP contribution >= 0.6 is 0 Å². The van der Waals surface area contributed by atoms with Crippen molar-refractivity contribution in [2.75, 3.05) is 32.4 Å². The second-order valence-electron chi connectivity index (χ2n) is 2.80. The van der Waals surface area contributed by atoms with E-state index in [1.54, 1.807) is 24.3 Å². The van der Waals surface area contributed by atoms with Gasteiger partial charge in [0, 0.05) is 20.2 Å². The Morgan fingerprint density at radius 1 is 1.46 bits per heavy atom. The minimum absolute atomic E-state index is 0.540. The Kier molecular flexibility index (Phi) is 2.92. The Balaban J connectivity index is 2.90. The Morgan fingerprint density at radius 2 is 2.15 bits per heavy atom. The van der Waals surface area contributed by atoms with E-state index in [4.69, 9.17) is 10.5 Å². The molecule has 0 amide bonds. The lowest BCUT2D eigenvalue weighted by molar-refractivity contribution is 0.397. The normalized spacial score (nSPS) is 10.2. The number of methoxy groups -OCH3 is 1. The van der Waals surface area contributed by atoms with Gasteiger partial charge >= 0.3 is 0 Å². The van der Waals surface area contributed by atoms with E-state index in [0.29, 0.717) is 17.4 Å². The van der Waals surface area contributed by atoms with Crippen molar-refractivity contribution in [3.8, 4) is 5.88 Å². The maximum absolute atomic E-state index is 5.69. The predicted molar refractivity (Wildman–Crippen MR) is 52.5 cm³/mol. The minimum atomic E-state index is 0.540. The van der Waals surface area contributed by atoms with Gasteiger partial charge in [0.25, 0.3) is 0 Å². The molecule has 1 rings (SSSR count). The molecule has 1 aromatic rings. The number of nitrogen functional groups attached to an aromatic ring is 1. The van der Waals surface area contributed by atoms with Crippen molar-refractivity contribution >= 4 is 11.5 Å². The molecule has 13 heavy (non-hydrogen) atoms. The number of nitrogens with one attached hydrogen (secondary N) is 1. The first kappa shape index (κ1) is 9.60. The summed E-state index contributed by atoms with van der Waals surface area (Å²) in [6.45, 7) is 0. The van der Waals surface area contributed by atoms with Crippen molar-refractivity contribution in [3.05, 3.63) is 12.1 Å². The molecule has 5 heteroatoms. The summed E-state index contributed by atoms with van der Waals surface area (Å²) in [5, 5.41) is 1.76. The molecule has 0 saturated carbocycles. The van der Waals surface area contributed by atoms with Gasteiger partial charge in [-0.25, -0.2) is 5.01 Å². The molecule has 0 radical (unpaired) electrons. The molecule has 1 heterocycles. The molecule has 0 bridgehead atoms. The van der Waals surface area contributed by atoms with Crippen LogP contribution in [0.3, 0.4) is 0 Å². The number of rotatable bonds is 3. The lowest BCUT2D eigenvalue weighted by Gasteiger charge is -2.14. The highest BCUT2D eigenvalue weighted by atomic mass is 16.5. The summed E-state index contributed by atoms with van der Waals surface area (Å²) in [5.74, 6) is 1.14. The molecular formula is C8H14N4O. The number of anilines is 2. The third-order valence-corrected chi connectivity index (χ3v) is 1.44. The fourth-order valence-electron chi connectivity index (χ4n) is 0.867. The average Bonchev–Trinajstić information content (AvgIpc) is 2.08. The van der Waals surface area contributed by atoms with E-state index in [0.717, 1.165) is 0 Å². The van der Waals surface area contributed by atoms with Crippen molar-refractivity contribution in [3.63, 3.8) is 0 Å². The molecule has 72 valence electrons. The van der Waals surface area contributed by atoms with Crippen molar-refractivity contribution in [1.29, 1.82) is 0 Å². The maximum Gasteiger partial charge on any atom is 0.215 e. The quantitative estimate of drug-likeness (QED) is 0.669. The van der Waals surface area contributed by atoms with Crippen LogP contribution in [0.25, 0.3) is 0 Å². The van der Waals surface area contributed by atoms with Crippen LogP contribution in [0.4, 0.5) is 11.5 Å². The third kappa shape index (κ3) is 2.48. The highest BCUT2D eigenvalue weighted by molar-refractivity contribution is 5.61. The fourth-order valence-corrected chi connectivity index (χ4v) is 0.867. The largest absolute Gasteiger partial charge is 0.481 e. The van der Waals surface area contributed by atoms with E-state index in [1.807, 2.05) is 14.1 Å². The molecule has 0 fully saturated rings. The summed E-state index contributed by atoms with van der Waals surface area (Å²) in [7, 11) is 5.29. The second kappa shape index (κ2) is 3.95. The van der Waals surface area contributed by atoms with Crippen LogP contribution in [0.1, 0.15) is 0 Å². The van der Waals surface area contributed by atoms with Crippen LogP contribution in [0.5, 0.6) is 5.88 Å². The third-order valence-electron chi connectivity index (χ3n) is 1.44. The Morgan fingerprint density at radius 3 is 2.69 bits per heavy atom. The summed E-state index contributed by atoms with van der Waals surface area (Å²) >= 11 is 0. The second-order valence-corrected chi connectivity index (χ2v) is 2.80. The Bertz CT molecular complexity index is 287. The van der Waals surface area contributed by atoms with E-state index in [2.05, 4.69) is 10.4 Å². The average molecular weight is 182 g/mol. The number of aromatic nitrogens is 1. The number of hydrogen-bond donors (Lipinski definition) is 2. The first-order chi connectivity index (χ1) is 6.13. The molecule has 0 spiro atoms. The van der Waals surface area contributed by atoms with Crippen LogP contribution in [0, 0.1) is 0 Å². The van der Waals surface area contributed by atoms with E-state index in [1.165, 1.54) is 0 Å². The highest BCUT2D eigenvalue weighted by Gasteiger charge is 2.02. The van der Waals surface area contributed by atoms with Gasteiger partial charge in [-0.3, -0.25) is 0 Å². The van der Waals surface area contributed by atoms with Crippen LogP contribution in [-0.2, 0) is 0 Å². The van der Waals surface area contributed by atoms with Crippen LogP contribution in [0.2, 0.25) is 0 Å². The topological polar surface area (TPSA) is 63.4 Å². The zero-order chi connectivity index (χ0) is 9.84. The zero-order valence-electron chi connectivity index (χ0n) is 8.03. The molecular weight excluding hydrogens is 168 g/mol. The number of nitrogens with zero attached hydrogens (tertiary/aromatic N) is 2. The predicted octanol–water partition coefficient (Wildman–Crippen LogP) is 0.561. The molecule has 0 aliphatic rings. The van der Waals surface area contributed by atoms with Crippen molar-refractivity contribution < 1.29 is 4.74 Å². The molecule has 3 N–H and O–H groups in total. The first-order valence-electron chi connectivity index (χ1n) is 3.88. The lowest BCUT2D eigenvalue weighted by atomic mass is 10.4. The zero-order valence-corrected chi connectivity index (χ0v) is 8.03. The van der Waals surface area contributed by atoms with E-state index in [-0.39, 0.29) is 0 Å². The van der Waals surface area contributed by atoms with Crippen LogP contribution in [0.15, 0.2) is 12.1 Å². The lowest BCUT2D eigenvalue weighted by Crippen LogP contribution is -2.21. The van der Waals surface area contributed by atoms with Gasteiger partial charge in [-0.1, -0.05) is 0 Å². The van der Waals surface area contributed by atoms with E-state index >= 15 is 0 Å². The SMILES string of the molecule is COc1ccc(N)c(NN(C)C)n1. The summed E-state index contributed by atoms with van der Waals surface area (Å²) in [6.07, 6.45) is 0. The molecule has 0 saturated heterocycles. The van der Waals surface area contributed by atoms with Gasteiger partial charge in [0.05, 0.1) is 12.8 Å². The standard InChI is InChI=1S/C8H14N4O/c1-12(2)11-8-6(9)4-5-7(10-8)13-3/h4-5H,9H2,1-3H3,(H,10,11). The van der Waals surface area contributed by atoms with Gasteiger partial charge in [0.2, 0.25) is 5.88 Å². The maximum atomic E-state index is 5.69. The number of nitrogens with two attached hydrogens (primary N) is 1. The molecule has 5 nitrogen and oxygen atoms in total. The van der Waals surface area contributed by atoms with Gasteiger partial charge < -0.3 is 15.9 Å². The summed E-state index contributed by atoms with van der Waals surface area (Å²) in [4.78, 5) is 4.13. The number of hydrazine groups is 1. The molecule has 0 unspecified atom stereocenters. The van der Waals surface area contributed by atoms with Crippen LogP contribution in [-0.4, -0.2) is 31.2 Å². The van der Waals surface area contributed by atoms with Gasteiger partial charge in [-0.05, 0) is 6.07 Å². The number of ether oxygens (including phenoxy) is 1. The molecule has 1 aromatic heterocycles. The van der Waals surface area contributed by atoms with E-state index in [9.17, 15) is 0 Å². The molecule has 0 aromatic carbocycles. The fraction of sp³-hybridized carbons (Fsp3) is 0.375. The van der Waals surface area contributed by atoms with Crippen molar-refractivity contribution in [2.45, 2.75) is 0 Å². The van der Waals surface area contributed by atoms with Gasteiger partial charge in [-0.2, -0.15) is 4.98 Å². The highest BCUT2D eigenvalue weighted by Crippen LogP contribution is 2.19. The first-order valence-corrected chi connectivity index (χ1v) is 3.88. The summed E-state index contributed by atoms with van der Waals surface area (Å²) < 4.78 is 4.97. The number of pyridine rings is 1. The number of hydrogen-bond acceptors (Lipinski definition) is 5. The Labute approximate surface area is 77.5 Å². The smallest absolute Gasteiger partial charge is 0.215 e. The van der Waals surface area contributed by atoms with Gasteiger partial charge in [-0.15, -0.1) is 0 Å². The van der Waals surface area contributed by atoms with Crippen molar-refractivity contribution in [2.24, 2.45) is 0 Å². The van der Waals surface area contributed by atoms with Gasteiger partial charge in [0.1, 0.15) is 0 Å².